The molecule has 24 heavy (non-hydrogen) atoms. The number of carboxylic acids is 2. The predicted molar refractivity (Wildman–Crippen MR) is 85.3 cm³/mol. The van der Waals surface area contributed by atoms with Gasteiger partial charge in [-0.3, -0.25) is 4.79 Å². The van der Waals surface area contributed by atoms with Gasteiger partial charge in [-0.15, -0.1) is 0 Å². The van der Waals surface area contributed by atoms with Crippen LogP contribution in [0.2, 0.25) is 0 Å². The van der Waals surface area contributed by atoms with Crippen molar-refractivity contribution >= 4 is 17.7 Å². The molecule has 1 fully saturated rings. The molecule has 0 aromatic heterocycles. The molecule has 0 spiro atoms. The van der Waals surface area contributed by atoms with Crippen molar-refractivity contribution in [2.24, 2.45) is 5.92 Å². The first-order chi connectivity index (χ1) is 11.5. The summed E-state index contributed by atoms with van der Waals surface area (Å²) in [5, 5.41) is 19.0. The highest BCUT2D eigenvalue weighted by Gasteiger charge is 2.41. The lowest BCUT2D eigenvalue weighted by molar-refractivity contribution is -0.114. The van der Waals surface area contributed by atoms with Crippen LogP contribution in [0.5, 0.6) is 0 Å². The summed E-state index contributed by atoms with van der Waals surface area (Å²) in [6.07, 6.45) is 6.04. The molecule has 0 aliphatic heterocycles. The molecule has 0 radical (unpaired) electrons. The van der Waals surface area contributed by atoms with E-state index in [1.807, 2.05) is 0 Å². The average molecular weight is 324 g/mol. The minimum Gasteiger partial charge on any atom is -0.478 e. The Bertz CT molecular complexity index is 859. The van der Waals surface area contributed by atoms with Crippen molar-refractivity contribution in [2.75, 3.05) is 0 Å². The van der Waals surface area contributed by atoms with E-state index in [1.165, 1.54) is 6.07 Å². The first kappa shape index (κ1) is 14.9. The van der Waals surface area contributed by atoms with Gasteiger partial charge >= 0.3 is 11.9 Å². The van der Waals surface area contributed by atoms with Gasteiger partial charge in [0.15, 0.2) is 5.78 Å². The first-order valence-electron chi connectivity index (χ1n) is 8.02. The van der Waals surface area contributed by atoms with E-state index in [0.29, 0.717) is 18.4 Å². The van der Waals surface area contributed by atoms with Crippen LogP contribution in [0.3, 0.4) is 0 Å². The molecule has 1 saturated carbocycles. The molecule has 1 aromatic carbocycles. The third-order valence-corrected chi connectivity index (χ3v) is 5.53. The maximum atomic E-state index is 11.8. The number of fused-ring (bicyclic) bond motifs is 4. The fourth-order valence-electron chi connectivity index (χ4n) is 4.31. The zero-order valence-electron chi connectivity index (χ0n) is 12.9. The number of rotatable bonds is 2. The van der Waals surface area contributed by atoms with Gasteiger partial charge in [-0.1, -0.05) is 17.7 Å². The second-order valence-electron chi connectivity index (χ2n) is 6.66. The van der Waals surface area contributed by atoms with Crippen LogP contribution < -0.4 is 0 Å². The molecule has 5 heteroatoms. The van der Waals surface area contributed by atoms with Crippen LogP contribution in [0, 0.1) is 5.92 Å². The Balaban J connectivity index is 1.94. The summed E-state index contributed by atoms with van der Waals surface area (Å²) in [4.78, 5) is 35.0. The lowest BCUT2D eigenvalue weighted by Crippen LogP contribution is -2.27. The molecule has 2 unspecified atom stereocenters. The Hall–Kier alpha value is -2.69. The zero-order valence-corrected chi connectivity index (χ0v) is 12.9. The Morgan fingerprint density at radius 3 is 2.33 bits per heavy atom. The van der Waals surface area contributed by atoms with E-state index in [-0.39, 0.29) is 28.7 Å². The molecular formula is C19H16O5. The van der Waals surface area contributed by atoms with Gasteiger partial charge in [0, 0.05) is 6.42 Å². The van der Waals surface area contributed by atoms with Crippen LogP contribution in [0.1, 0.15) is 57.0 Å². The molecule has 0 saturated heterocycles. The number of benzene rings is 1. The molecular weight excluding hydrogens is 308 g/mol. The third-order valence-electron chi connectivity index (χ3n) is 5.53. The molecule has 2 N–H and O–H groups in total. The first-order valence-corrected chi connectivity index (χ1v) is 8.02. The Morgan fingerprint density at radius 2 is 1.71 bits per heavy atom. The highest BCUT2D eigenvalue weighted by Crippen LogP contribution is 2.53. The summed E-state index contributed by atoms with van der Waals surface area (Å²) < 4.78 is 0. The average Bonchev–Trinajstić information content (AvgIpc) is 2.57. The number of hydrogen-bond acceptors (Lipinski definition) is 3. The second-order valence-corrected chi connectivity index (χ2v) is 6.66. The predicted octanol–water partition coefficient (Wildman–Crippen LogP) is 2.96. The van der Waals surface area contributed by atoms with Crippen molar-refractivity contribution in [3.8, 4) is 0 Å². The van der Waals surface area contributed by atoms with Crippen LogP contribution in [-0.4, -0.2) is 27.9 Å². The maximum absolute atomic E-state index is 11.8. The summed E-state index contributed by atoms with van der Waals surface area (Å²) in [7, 11) is 0. The van der Waals surface area contributed by atoms with Crippen LogP contribution >= 0.6 is 0 Å². The molecule has 0 amide bonds. The van der Waals surface area contributed by atoms with Crippen molar-refractivity contribution in [1.82, 2.24) is 0 Å². The van der Waals surface area contributed by atoms with Gasteiger partial charge in [-0.05, 0) is 59.9 Å². The molecule has 122 valence electrons. The fraction of sp³-hybridized carbons (Fsp3) is 0.316. The number of aromatic carboxylic acids is 2. The van der Waals surface area contributed by atoms with Gasteiger partial charge in [-0.25, -0.2) is 9.59 Å². The van der Waals surface area contributed by atoms with Crippen LogP contribution in [0.4, 0.5) is 0 Å². The minimum atomic E-state index is -1.23. The maximum Gasteiger partial charge on any atom is 0.336 e. The van der Waals surface area contributed by atoms with Gasteiger partial charge in [0.2, 0.25) is 0 Å². The van der Waals surface area contributed by atoms with E-state index in [4.69, 9.17) is 0 Å². The minimum absolute atomic E-state index is 0.0787. The molecule has 3 aliphatic carbocycles. The Labute approximate surface area is 138 Å². The van der Waals surface area contributed by atoms with E-state index in [0.717, 1.165) is 29.6 Å². The van der Waals surface area contributed by atoms with Crippen LogP contribution in [0.25, 0.3) is 0 Å². The van der Waals surface area contributed by atoms with Crippen molar-refractivity contribution in [2.45, 2.75) is 31.6 Å². The number of carboxylic acid groups (broad SMARTS) is 2. The summed E-state index contributed by atoms with van der Waals surface area (Å²) in [5.74, 6) is -1.90. The lowest BCUT2D eigenvalue weighted by Gasteiger charge is -2.39. The van der Waals surface area contributed by atoms with Gasteiger partial charge in [0.1, 0.15) is 0 Å². The van der Waals surface area contributed by atoms with E-state index in [9.17, 15) is 24.6 Å². The smallest absolute Gasteiger partial charge is 0.336 e. The lowest BCUT2D eigenvalue weighted by atomic mass is 9.65. The second kappa shape index (κ2) is 5.16. The Kier molecular flexibility index (Phi) is 3.20. The summed E-state index contributed by atoms with van der Waals surface area (Å²) >= 11 is 0. The number of ketones is 1. The van der Waals surface area contributed by atoms with E-state index in [1.54, 1.807) is 18.2 Å². The van der Waals surface area contributed by atoms with Crippen LogP contribution in [-0.2, 0) is 11.2 Å². The molecule has 3 aliphatic rings. The van der Waals surface area contributed by atoms with Gasteiger partial charge in [-0.2, -0.15) is 0 Å². The quantitative estimate of drug-likeness (QED) is 0.872. The van der Waals surface area contributed by atoms with Crippen molar-refractivity contribution in [1.29, 1.82) is 0 Å². The SMILES string of the molecule is O=C1C=CC2=C(C1)C1CCC1c1ccc(C(=O)O)c(C(=O)O)c1C2. The molecule has 2 atom stereocenters. The number of hydrogen-bond donors (Lipinski definition) is 2. The van der Waals surface area contributed by atoms with Crippen molar-refractivity contribution in [3.05, 3.63) is 57.7 Å². The van der Waals surface area contributed by atoms with Gasteiger partial charge in [0.05, 0.1) is 11.1 Å². The zero-order chi connectivity index (χ0) is 17.0. The standard InChI is InChI=1S/C19H16O5/c20-10-2-1-9-7-16-13(11-3-4-12(11)15(9)8-10)5-6-14(18(21)22)17(16)19(23)24/h1-2,5-6,11-12H,3-4,7-8H2,(H,21,22)(H,23,24). The van der Waals surface area contributed by atoms with E-state index in [2.05, 4.69) is 0 Å². The molecule has 5 nitrogen and oxygen atoms in total. The highest BCUT2D eigenvalue weighted by atomic mass is 16.4. The summed E-state index contributed by atoms with van der Waals surface area (Å²) in [6, 6.07) is 3.18. The van der Waals surface area contributed by atoms with Crippen LogP contribution in [0.15, 0.2) is 35.4 Å². The summed E-state index contributed by atoms with van der Waals surface area (Å²) in [6.45, 7) is 0. The number of carbonyl (C=O) groups excluding carboxylic acids is 1. The fourth-order valence-corrected chi connectivity index (χ4v) is 4.31. The topological polar surface area (TPSA) is 91.7 Å². The normalized spacial score (nSPS) is 24.4. The number of carbonyl (C=O) groups is 3. The van der Waals surface area contributed by atoms with Gasteiger partial charge in [0.25, 0.3) is 0 Å². The van der Waals surface area contributed by atoms with Crippen molar-refractivity contribution < 1.29 is 24.6 Å². The van der Waals surface area contributed by atoms with Gasteiger partial charge < -0.3 is 10.2 Å². The highest BCUT2D eigenvalue weighted by molar-refractivity contribution is 6.03. The summed E-state index contributed by atoms with van der Waals surface area (Å²) in [5.41, 5.74) is 3.35. The third kappa shape index (κ3) is 2.04. The molecule has 4 rings (SSSR count). The molecule has 0 bridgehead atoms. The molecule has 1 aromatic rings. The van der Waals surface area contributed by atoms with E-state index >= 15 is 0 Å². The van der Waals surface area contributed by atoms with Crippen molar-refractivity contribution in [3.63, 3.8) is 0 Å². The molecule has 0 heterocycles. The largest absolute Gasteiger partial charge is 0.478 e. The number of allylic oxidation sites excluding steroid dienone is 4. The Morgan fingerprint density at radius 1 is 0.958 bits per heavy atom. The monoisotopic (exact) mass is 324 g/mol. The van der Waals surface area contributed by atoms with E-state index < -0.39 is 11.9 Å².